The summed E-state index contributed by atoms with van der Waals surface area (Å²) in [6.45, 7) is 2.12. The molecule has 0 aliphatic carbocycles. The van der Waals surface area contributed by atoms with E-state index >= 15 is 0 Å². The van der Waals surface area contributed by atoms with Crippen LogP contribution < -0.4 is 15.8 Å². The number of rotatable bonds is 8. The maximum absolute atomic E-state index is 13.0. The van der Waals surface area contributed by atoms with E-state index in [1.165, 1.54) is 12.1 Å². The van der Waals surface area contributed by atoms with Crippen molar-refractivity contribution in [3.63, 3.8) is 0 Å². The van der Waals surface area contributed by atoms with Crippen molar-refractivity contribution in [2.24, 2.45) is 5.73 Å². The van der Waals surface area contributed by atoms with E-state index < -0.39 is 33.8 Å². The van der Waals surface area contributed by atoms with Crippen LogP contribution in [0.25, 0.3) is 0 Å². The van der Waals surface area contributed by atoms with Gasteiger partial charge in [0.2, 0.25) is 5.91 Å². The van der Waals surface area contributed by atoms with Crippen molar-refractivity contribution in [2.75, 3.05) is 12.8 Å². The molecule has 0 fully saturated rings. The lowest BCUT2D eigenvalue weighted by atomic mass is 10.1. The van der Waals surface area contributed by atoms with Gasteiger partial charge in [-0.05, 0) is 43.7 Å². The zero-order valence-corrected chi connectivity index (χ0v) is 17.8. The van der Waals surface area contributed by atoms with Gasteiger partial charge in [-0.3, -0.25) is 9.35 Å². The number of benzene rings is 2. The highest BCUT2D eigenvalue weighted by Crippen LogP contribution is 2.32. The topological polar surface area (TPSA) is 119 Å². The fourth-order valence-corrected chi connectivity index (χ4v) is 2.37. The quantitative estimate of drug-likeness (QED) is 0.519. The van der Waals surface area contributed by atoms with Crippen LogP contribution in [0.15, 0.2) is 48.5 Å². The molecule has 0 aliphatic rings. The molecular weight excluding hydrogens is 437 g/mol. The number of halogens is 3. The molecule has 2 aromatic carbocycles. The molecule has 2 aromatic rings. The Hall–Kier alpha value is -2.63. The Morgan fingerprint density at radius 3 is 2.23 bits per heavy atom. The number of nitrogens with two attached hydrogens (primary N) is 1. The molecule has 31 heavy (non-hydrogen) atoms. The second-order valence-electron chi connectivity index (χ2n) is 6.65. The lowest BCUT2D eigenvalue weighted by Gasteiger charge is -2.14. The summed E-state index contributed by atoms with van der Waals surface area (Å²) in [6, 6.07) is 12.1. The van der Waals surface area contributed by atoms with Gasteiger partial charge in [-0.15, -0.1) is 0 Å². The van der Waals surface area contributed by atoms with Crippen LogP contribution in [0, 0.1) is 0 Å². The highest BCUT2D eigenvalue weighted by atomic mass is 32.2. The van der Waals surface area contributed by atoms with Gasteiger partial charge >= 0.3 is 6.18 Å². The van der Waals surface area contributed by atoms with Gasteiger partial charge in [-0.1, -0.05) is 30.3 Å². The van der Waals surface area contributed by atoms with E-state index in [1.54, 1.807) is 25.1 Å². The molecule has 4 N–H and O–H groups in total. The minimum atomic E-state index is -4.40. The fraction of sp³-hybridized carbons (Fsp3) is 0.350. The Morgan fingerprint density at radius 2 is 1.71 bits per heavy atom. The molecule has 172 valence electrons. The molecule has 0 saturated carbocycles. The second kappa shape index (κ2) is 11.7. The molecular formula is C20H25F3N2O5S. The van der Waals surface area contributed by atoms with Crippen molar-refractivity contribution >= 4 is 16.0 Å². The van der Waals surface area contributed by atoms with Gasteiger partial charge in [0, 0.05) is 5.56 Å². The van der Waals surface area contributed by atoms with Crippen LogP contribution in [0.1, 0.15) is 23.6 Å². The first-order chi connectivity index (χ1) is 14.3. The van der Waals surface area contributed by atoms with E-state index in [-0.39, 0.29) is 12.2 Å². The smallest absolute Gasteiger partial charge is 0.416 e. The van der Waals surface area contributed by atoms with E-state index in [0.29, 0.717) is 25.0 Å². The maximum Gasteiger partial charge on any atom is 0.416 e. The van der Waals surface area contributed by atoms with Crippen molar-refractivity contribution < 1.29 is 35.7 Å². The standard InChI is InChI=1S/C19H21F3N2O2.CH4O3S/c1-13(18(23)25)24-11-10-14-6-8-16(9-7-14)26-12-15-4-2-3-5-17(15)19(20,21)22;1-5(2,3)4/h2-9,13,24H,10-12H2,1H3,(H2,23,25);1H3,(H,2,3,4). The Balaban J connectivity index is 0.000000861. The van der Waals surface area contributed by atoms with Crippen LogP contribution in [0.3, 0.4) is 0 Å². The van der Waals surface area contributed by atoms with Gasteiger partial charge in [0.25, 0.3) is 10.1 Å². The zero-order valence-electron chi connectivity index (χ0n) is 17.0. The van der Waals surface area contributed by atoms with Crippen LogP contribution in [-0.4, -0.2) is 37.7 Å². The number of ether oxygens (including phenoxy) is 1. The van der Waals surface area contributed by atoms with Crippen LogP contribution in [-0.2, 0) is 34.1 Å². The fourth-order valence-electron chi connectivity index (χ4n) is 2.37. The molecule has 7 nitrogen and oxygen atoms in total. The first kappa shape index (κ1) is 26.4. The van der Waals surface area contributed by atoms with Crippen molar-refractivity contribution in [2.45, 2.75) is 32.2 Å². The molecule has 2 rings (SSSR count). The predicted octanol–water partition coefficient (Wildman–Crippen LogP) is 2.79. The van der Waals surface area contributed by atoms with Crippen molar-refractivity contribution in [3.8, 4) is 5.75 Å². The molecule has 0 saturated heterocycles. The van der Waals surface area contributed by atoms with E-state index in [0.717, 1.165) is 11.6 Å². The van der Waals surface area contributed by atoms with Crippen molar-refractivity contribution in [3.05, 3.63) is 65.2 Å². The zero-order chi connectivity index (χ0) is 23.7. The number of hydrogen-bond donors (Lipinski definition) is 3. The molecule has 1 unspecified atom stereocenters. The Bertz CT molecular complexity index is 940. The summed E-state index contributed by atoms with van der Waals surface area (Å²) < 4.78 is 70.2. The number of carbonyl (C=O) groups excluding carboxylic acids is 1. The Labute approximate surface area is 179 Å². The van der Waals surface area contributed by atoms with E-state index in [9.17, 15) is 26.4 Å². The second-order valence-corrected chi connectivity index (χ2v) is 8.11. The predicted molar refractivity (Wildman–Crippen MR) is 110 cm³/mol. The van der Waals surface area contributed by atoms with Gasteiger partial charge in [-0.25, -0.2) is 0 Å². The third-order valence-corrected chi connectivity index (χ3v) is 3.93. The van der Waals surface area contributed by atoms with E-state index in [1.807, 2.05) is 12.1 Å². The SMILES string of the molecule is CC(NCCc1ccc(OCc2ccccc2C(F)(F)F)cc1)C(N)=O.CS(=O)(=O)O. The summed E-state index contributed by atoms with van der Waals surface area (Å²) in [5.74, 6) is 0.0806. The lowest BCUT2D eigenvalue weighted by molar-refractivity contribution is -0.138. The average molecular weight is 462 g/mol. The minimum absolute atomic E-state index is 0.0914. The van der Waals surface area contributed by atoms with Crippen molar-refractivity contribution in [1.82, 2.24) is 5.32 Å². The van der Waals surface area contributed by atoms with Gasteiger partial charge in [-0.2, -0.15) is 21.6 Å². The summed E-state index contributed by atoms with van der Waals surface area (Å²) >= 11 is 0. The first-order valence-corrected chi connectivity index (χ1v) is 10.9. The Kier molecular flexibility index (Phi) is 9.95. The molecule has 0 aromatic heterocycles. The summed E-state index contributed by atoms with van der Waals surface area (Å²) in [6.07, 6.45) is -3.00. The maximum atomic E-state index is 13.0. The summed E-state index contributed by atoms with van der Waals surface area (Å²) in [7, 11) is -3.67. The van der Waals surface area contributed by atoms with Gasteiger partial charge in [0.15, 0.2) is 0 Å². The summed E-state index contributed by atoms with van der Waals surface area (Å²) in [4.78, 5) is 10.9. The van der Waals surface area contributed by atoms with Crippen LogP contribution >= 0.6 is 0 Å². The normalized spacial score (nSPS) is 12.5. The van der Waals surface area contributed by atoms with E-state index in [4.69, 9.17) is 15.0 Å². The molecule has 11 heteroatoms. The largest absolute Gasteiger partial charge is 0.489 e. The van der Waals surface area contributed by atoms with Crippen LogP contribution in [0.4, 0.5) is 13.2 Å². The van der Waals surface area contributed by atoms with Gasteiger partial charge in [0.1, 0.15) is 12.4 Å². The van der Waals surface area contributed by atoms with Crippen LogP contribution in [0.2, 0.25) is 0 Å². The third kappa shape index (κ3) is 11.4. The number of alkyl halides is 3. The monoisotopic (exact) mass is 462 g/mol. The molecule has 0 radical (unpaired) electrons. The Morgan fingerprint density at radius 1 is 1.16 bits per heavy atom. The summed E-state index contributed by atoms with van der Waals surface area (Å²) in [5, 5.41) is 3.00. The van der Waals surface area contributed by atoms with Crippen LogP contribution in [0.5, 0.6) is 5.75 Å². The van der Waals surface area contributed by atoms with Crippen molar-refractivity contribution in [1.29, 1.82) is 0 Å². The number of primary amides is 1. The molecule has 0 heterocycles. The minimum Gasteiger partial charge on any atom is -0.489 e. The highest BCUT2D eigenvalue weighted by Gasteiger charge is 2.32. The molecule has 1 amide bonds. The first-order valence-electron chi connectivity index (χ1n) is 9.09. The molecule has 1 atom stereocenters. The van der Waals surface area contributed by atoms with E-state index in [2.05, 4.69) is 5.32 Å². The molecule has 0 spiro atoms. The van der Waals surface area contributed by atoms with Gasteiger partial charge < -0.3 is 15.8 Å². The lowest BCUT2D eigenvalue weighted by Crippen LogP contribution is -2.39. The highest BCUT2D eigenvalue weighted by molar-refractivity contribution is 7.85. The number of nitrogens with one attached hydrogen (secondary N) is 1. The van der Waals surface area contributed by atoms with Gasteiger partial charge in [0.05, 0.1) is 17.9 Å². The summed E-state index contributed by atoms with van der Waals surface area (Å²) in [5.41, 5.74) is 5.58. The average Bonchev–Trinajstić information content (AvgIpc) is 2.65. The number of amides is 1. The molecule has 0 aliphatic heterocycles. The molecule has 0 bridgehead atoms. The third-order valence-electron chi connectivity index (χ3n) is 3.93. The number of hydrogen-bond acceptors (Lipinski definition) is 5. The number of carbonyl (C=O) groups is 1.